The van der Waals surface area contributed by atoms with Gasteiger partial charge < -0.3 is 5.32 Å². The summed E-state index contributed by atoms with van der Waals surface area (Å²) in [6.07, 6.45) is 0.408. The average molecular weight is 319 g/mol. The lowest BCUT2D eigenvalue weighted by molar-refractivity contribution is -0.120. The summed E-state index contributed by atoms with van der Waals surface area (Å²) >= 11 is 9.16. The Morgan fingerprint density at radius 2 is 1.94 bits per heavy atom. The molecule has 4 heteroatoms. The fourth-order valence-corrected chi connectivity index (χ4v) is 1.59. The molecule has 0 aliphatic heterocycles. The fraction of sp³-hybridized carbons (Fsp3) is 0.462. The van der Waals surface area contributed by atoms with Crippen molar-refractivity contribution in [2.24, 2.45) is 5.41 Å². The Morgan fingerprint density at radius 1 is 1.35 bits per heavy atom. The zero-order chi connectivity index (χ0) is 12.9. The third kappa shape index (κ3) is 5.55. The lowest BCUT2D eigenvalue weighted by atomic mass is 9.96. The van der Waals surface area contributed by atoms with E-state index in [4.69, 9.17) is 11.6 Å². The van der Waals surface area contributed by atoms with Gasteiger partial charge in [0.15, 0.2) is 0 Å². The van der Waals surface area contributed by atoms with Gasteiger partial charge in [-0.25, -0.2) is 0 Å². The molecule has 0 unspecified atom stereocenters. The van der Waals surface area contributed by atoms with Gasteiger partial charge in [-0.1, -0.05) is 41.9 Å². The number of amides is 1. The second kappa shape index (κ2) is 6.41. The van der Waals surface area contributed by atoms with Crippen molar-refractivity contribution in [2.75, 3.05) is 12.4 Å². The number of halogens is 2. The quantitative estimate of drug-likeness (QED) is 0.829. The zero-order valence-corrected chi connectivity index (χ0v) is 12.4. The van der Waals surface area contributed by atoms with Crippen LogP contribution in [-0.2, 0) is 11.2 Å². The van der Waals surface area contributed by atoms with Crippen molar-refractivity contribution in [1.29, 1.82) is 0 Å². The van der Waals surface area contributed by atoms with Gasteiger partial charge in [-0.3, -0.25) is 4.79 Å². The summed E-state index contributed by atoms with van der Waals surface area (Å²) in [5.41, 5.74) is 0.950. The van der Waals surface area contributed by atoms with Gasteiger partial charge in [0.05, 0.1) is 6.42 Å². The smallest absolute Gasteiger partial charge is 0.224 e. The first kappa shape index (κ1) is 14.5. The number of carbonyl (C=O) groups is 1. The molecule has 1 amide bonds. The van der Waals surface area contributed by atoms with Crippen molar-refractivity contribution >= 4 is 33.4 Å². The Balaban J connectivity index is 2.42. The minimum Gasteiger partial charge on any atom is -0.355 e. The molecule has 94 valence electrons. The number of benzene rings is 1. The maximum atomic E-state index is 11.7. The Kier molecular flexibility index (Phi) is 5.47. The highest BCUT2D eigenvalue weighted by Gasteiger charge is 2.17. The minimum atomic E-state index is -0.0586. The molecule has 0 aromatic heterocycles. The molecule has 0 aliphatic rings. The van der Waals surface area contributed by atoms with E-state index in [1.54, 1.807) is 0 Å². The SMILES string of the molecule is CC(C)(CCl)CNC(=O)Cc1ccc(Br)cc1. The molecule has 0 fully saturated rings. The van der Waals surface area contributed by atoms with E-state index < -0.39 is 0 Å². The van der Waals surface area contributed by atoms with Crippen LogP contribution in [0.3, 0.4) is 0 Å². The number of alkyl halides is 1. The van der Waals surface area contributed by atoms with Crippen LogP contribution in [0.1, 0.15) is 19.4 Å². The van der Waals surface area contributed by atoms with Gasteiger partial charge in [0, 0.05) is 16.9 Å². The van der Waals surface area contributed by atoms with Gasteiger partial charge in [0.2, 0.25) is 5.91 Å². The van der Waals surface area contributed by atoms with Gasteiger partial charge in [-0.05, 0) is 23.1 Å². The van der Waals surface area contributed by atoms with Gasteiger partial charge in [-0.15, -0.1) is 11.6 Å². The first-order valence-corrected chi connectivity index (χ1v) is 6.83. The van der Waals surface area contributed by atoms with Crippen LogP contribution < -0.4 is 5.32 Å². The van der Waals surface area contributed by atoms with E-state index in [9.17, 15) is 4.79 Å². The molecule has 1 aromatic carbocycles. The van der Waals surface area contributed by atoms with Crippen LogP contribution in [0.4, 0.5) is 0 Å². The molecule has 1 rings (SSSR count). The molecular weight excluding hydrogens is 302 g/mol. The first-order valence-electron chi connectivity index (χ1n) is 5.50. The summed E-state index contributed by atoms with van der Waals surface area (Å²) in [4.78, 5) is 11.7. The highest BCUT2D eigenvalue weighted by Crippen LogP contribution is 2.15. The lowest BCUT2D eigenvalue weighted by Crippen LogP contribution is -2.35. The van der Waals surface area contributed by atoms with E-state index in [1.807, 2.05) is 38.1 Å². The maximum Gasteiger partial charge on any atom is 0.224 e. The van der Waals surface area contributed by atoms with Crippen molar-refractivity contribution in [3.8, 4) is 0 Å². The molecule has 17 heavy (non-hydrogen) atoms. The Morgan fingerprint density at radius 3 is 2.47 bits per heavy atom. The normalized spacial score (nSPS) is 11.3. The lowest BCUT2D eigenvalue weighted by Gasteiger charge is -2.21. The molecule has 1 N–H and O–H groups in total. The summed E-state index contributed by atoms with van der Waals surface area (Å²) in [7, 11) is 0. The predicted molar refractivity (Wildman–Crippen MR) is 75.4 cm³/mol. The van der Waals surface area contributed by atoms with Crippen LogP contribution >= 0.6 is 27.5 Å². The van der Waals surface area contributed by atoms with E-state index in [0.717, 1.165) is 10.0 Å². The summed E-state index contributed by atoms with van der Waals surface area (Å²) in [6.45, 7) is 4.66. The van der Waals surface area contributed by atoms with Crippen molar-refractivity contribution in [1.82, 2.24) is 5.32 Å². The zero-order valence-electron chi connectivity index (χ0n) is 10.1. The van der Waals surface area contributed by atoms with Crippen molar-refractivity contribution in [3.63, 3.8) is 0 Å². The minimum absolute atomic E-state index is 0.0329. The summed E-state index contributed by atoms with van der Waals surface area (Å²) in [6, 6.07) is 7.75. The van der Waals surface area contributed by atoms with Crippen molar-refractivity contribution in [3.05, 3.63) is 34.3 Å². The van der Waals surface area contributed by atoms with Crippen molar-refractivity contribution in [2.45, 2.75) is 20.3 Å². The van der Waals surface area contributed by atoms with E-state index in [0.29, 0.717) is 18.8 Å². The van der Waals surface area contributed by atoms with Crippen LogP contribution in [0.2, 0.25) is 0 Å². The van der Waals surface area contributed by atoms with Crippen LogP contribution in [-0.4, -0.2) is 18.3 Å². The van der Waals surface area contributed by atoms with Crippen LogP contribution in [0.15, 0.2) is 28.7 Å². The maximum absolute atomic E-state index is 11.7. The van der Waals surface area contributed by atoms with Crippen LogP contribution in [0.5, 0.6) is 0 Å². The number of rotatable bonds is 5. The highest BCUT2D eigenvalue weighted by atomic mass is 79.9. The highest BCUT2D eigenvalue weighted by molar-refractivity contribution is 9.10. The standard InChI is InChI=1S/C13H17BrClNO/c1-13(2,8-15)9-16-12(17)7-10-3-5-11(14)6-4-10/h3-6H,7-9H2,1-2H3,(H,16,17). The molecule has 0 aliphatic carbocycles. The molecule has 0 saturated carbocycles. The molecule has 0 spiro atoms. The van der Waals surface area contributed by atoms with E-state index in [1.165, 1.54) is 0 Å². The third-order valence-electron chi connectivity index (χ3n) is 2.40. The number of nitrogens with one attached hydrogen (secondary N) is 1. The van der Waals surface area contributed by atoms with Crippen molar-refractivity contribution < 1.29 is 4.79 Å². The summed E-state index contributed by atoms with van der Waals surface area (Å²) in [5, 5.41) is 2.90. The second-order valence-electron chi connectivity index (χ2n) is 4.88. The molecule has 0 radical (unpaired) electrons. The van der Waals surface area contributed by atoms with Gasteiger partial charge in [0.1, 0.15) is 0 Å². The van der Waals surface area contributed by atoms with Gasteiger partial charge in [0.25, 0.3) is 0 Å². The molecular formula is C13H17BrClNO. The molecule has 1 aromatic rings. The predicted octanol–water partition coefficient (Wildman–Crippen LogP) is 3.37. The Bertz CT molecular complexity index is 376. The Hall–Kier alpha value is -0.540. The number of carbonyl (C=O) groups excluding carboxylic acids is 1. The molecule has 0 atom stereocenters. The average Bonchev–Trinajstić information content (AvgIpc) is 2.30. The molecule has 2 nitrogen and oxygen atoms in total. The third-order valence-corrected chi connectivity index (χ3v) is 3.66. The molecule has 0 saturated heterocycles. The van der Waals surface area contributed by atoms with Crippen LogP contribution in [0.25, 0.3) is 0 Å². The largest absolute Gasteiger partial charge is 0.355 e. The summed E-state index contributed by atoms with van der Waals surface area (Å²) < 4.78 is 1.02. The number of hydrogen-bond donors (Lipinski definition) is 1. The van der Waals surface area contributed by atoms with E-state index in [-0.39, 0.29) is 11.3 Å². The van der Waals surface area contributed by atoms with Crippen LogP contribution in [0, 0.1) is 5.41 Å². The fourth-order valence-electron chi connectivity index (χ4n) is 1.24. The topological polar surface area (TPSA) is 29.1 Å². The van der Waals surface area contributed by atoms with Gasteiger partial charge >= 0.3 is 0 Å². The van der Waals surface area contributed by atoms with Gasteiger partial charge in [-0.2, -0.15) is 0 Å². The first-order chi connectivity index (χ1) is 7.93. The summed E-state index contributed by atoms with van der Waals surface area (Å²) in [5.74, 6) is 0.566. The molecule has 0 bridgehead atoms. The Labute approximate surface area is 116 Å². The molecule has 0 heterocycles. The number of hydrogen-bond acceptors (Lipinski definition) is 1. The monoisotopic (exact) mass is 317 g/mol. The van der Waals surface area contributed by atoms with E-state index >= 15 is 0 Å². The second-order valence-corrected chi connectivity index (χ2v) is 6.06. The van der Waals surface area contributed by atoms with E-state index in [2.05, 4.69) is 21.2 Å².